The second kappa shape index (κ2) is 8.11. The quantitative estimate of drug-likeness (QED) is 0.771. The van der Waals surface area contributed by atoms with Crippen molar-refractivity contribution in [3.63, 3.8) is 0 Å². The van der Waals surface area contributed by atoms with Gasteiger partial charge in [-0.15, -0.1) is 11.8 Å². The monoisotopic (exact) mass is 396 g/mol. The lowest BCUT2D eigenvalue weighted by Crippen LogP contribution is -2.16. The first-order valence-corrected chi connectivity index (χ1v) is 8.69. The van der Waals surface area contributed by atoms with Crippen molar-refractivity contribution in [1.29, 1.82) is 0 Å². The predicted octanol–water partition coefficient (Wildman–Crippen LogP) is 2.15. The van der Waals surface area contributed by atoms with Gasteiger partial charge in [-0.1, -0.05) is 15.9 Å². The van der Waals surface area contributed by atoms with Gasteiger partial charge in [0.1, 0.15) is 5.82 Å². The van der Waals surface area contributed by atoms with Gasteiger partial charge < -0.3 is 16.0 Å². The highest BCUT2D eigenvalue weighted by molar-refractivity contribution is 9.10. The maximum Gasteiger partial charge on any atom is 0.234 e. The SMILES string of the molecule is CN(C)c1nc(N)nc(CSCC(=O)Nc2ccc(Br)cc2)n1. The molecule has 7 nitrogen and oxygen atoms in total. The van der Waals surface area contributed by atoms with E-state index in [0.29, 0.717) is 23.3 Å². The Morgan fingerprint density at radius 1 is 1.26 bits per heavy atom. The van der Waals surface area contributed by atoms with Crippen LogP contribution in [-0.2, 0) is 10.5 Å². The highest BCUT2D eigenvalue weighted by Crippen LogP contribution is 2.16. The van der Waals surface area contributed by atoms with E-state index < -0.39 is 0 Å². The largest absolute Gasteiger partial charge is 0.368 e. The fourth-order valence-electron chi connectivity index (χ4n) is 1.65. The molecule has 0 fully saturated rings. The second-order valence-electron chi connectivity index (χ2n) is 4.85. The summed E-state index contributed by atoms with van der Waals surface area (Å²) in [6.07, 6.45) is 0. The average molecular weight is 397 g/mol. The van der Waals surface area contributed by atoms with Crippen LogP contribution in [0.4, 0.5) is 17.6 Å². The van der Waals surface area contributed by atoms with Gasteiger partial charge in [-0.3, -0.25) is 4.79 Å². The van der Waals surface area contributed by atoms with Crippen LogP contribution in [0.3, 0.4) is 0 Å². The summed E-state index contributed by atoms with van der Waals surface area (Å²) >= 11 is 4.77. The Morgan fingerprint density at radius 2 is 1.96 bits per heavy atom. The molecular weight excluding hydrogens is 380 g/mol. The molecule has 122 valence electrons. The van der Waals surface area contributed by atoms with Gasteiger partial charge in [0, 0.05) is 24.3 Å². The number of thioether (sulfide) groups is 1. The Labute approximate surface area is 147 Å². The number of nitrogens with one attached hydrogen (secondary N) is 1. The van der Waals surface area contributed by atoms with E-state index in [4.69, 9.17) is 5.73 Å². The lowest BCUT2D eigenvalue weighted by molar-refractivity contribution is -0.113. The molecule has 1 heterocycles. The van der Waals surface area contributed by atoms with E-state index in [1.165, 1.54) is 11.8 Å². The predicted molar refractivity (Wildman–Crippen MR) is 97.5 cm³/mol. The van der Waals surface area contributed by atoms with Crippen LogP contribution < -0.4 is 16.0 Å². The van der Waals surface area contributed by atoms with Gasteiger partial charge in [-0.05, 0) is 24.3 Å². The van der Waals surface area contributed by atoms with Crippen LogP contribution in [0.5, 0.6) is 0 Å². The zero-order valence-electron chi connectivity index (χ0n) is 12.8. The average Bonchev–Trinajstić information content (AvgIpc) is 2.49. The zero-order chi connectivity index (χ0) is 16.8. The number of rotatable bonds is 6. The molecule has 2 aromatic rings. The number of hydrogen-bond donors (Lipinski definition) is 2. The molecule has 0 atom stereocenters. The van der Waals surface area contributed by atoms with Crippen LogP contribution in [0.25, 0.3) is 0 Å². The summed E-state index contributed by atoms with van der Waals surface area (Å²) in [7, 11) is 3.66. The summed E-state index contributed by atoms with van der Waals surface area (Å²) in [5.74, 6) is 1.96. The Bertz CT molecular complexity index is 679. The molecule has 1 aromatic carbocycles. The van der Waals surface area contributed by atoms with Gasteiger partial charge >= 0.3 is 0 Å². The molecule has 0 radical (unpaired) electrons. The van der Waals surface area contributed by atoms with Gasteiger partial charge in [-0.25, -0.2) is 0 Å². The van der Waals surface area contributed by atoms with Gasteiger partial charge in [0.25, 0.3) is 0 Å². The molecular formula is C14H17BrN6OS. The molecule has 23 heavy (non-hydrogen) atoms. The first kappa shape index (κ1) is 17.5. The highest BCUT2D eigenvalue weighted by atomic mass is 79.9. The number of aromatic nitrogens is 3. The number of halogens is 1. The molecule has 2 rings (SSSR count). The van der Waals surface area contributed by atoms with Crippen molar-refractivity contribution < 1.29 is 4.79 Å². The molecule has 0 spiro atoms. The Balaban J connectivity index is 1.84. The summed E-state index contributed by atoms with van der Waals surface area (Å²) in [6, 6.07) is 7.42. The number of amides is 1. The van der Waals surface area contributed by atoms with Gasteiger partial charge in [0.2, 0.25) is 17.8 Å². The normalized spacial score (nSPS) is 10.4. The maximum atomic E-state index is 11.9. The fourth-order valence-corrected chi connectivity index (χ4v) is 2.59. The minimum atomic E-state index is -0.0767. The van der Waals surface area contributed by atoms with Crippen LogP contribution in [0.15, 0.2) is 28.7 Å². The summed E-state index contributed by atoms with van der Waals surface area (Å²) in [5.41, 5.74) is 6.42. The molecule has 0 unspecified atom stereocenters. The molecule has 0 aliphatic carbocycles. The van der Waals surface area contributed by atoms with Crippen molar-refractivity contribution in [1.82, 2.24) is 15.0 Å². The molecule has 0 aliphatic heterocycles. The third-order valence-electron chi connectivity index (χ3n) is 2.68. The van der Waals surface area contributed by atoms with E-state index in [1.54, 1.807) is 4.90 Å². The summed E-state index contributed by atoms with van der Waals surface area (Å²) in [4.78, 5) is 26.1. The Hall–Kier alpha value is -1.87. The standard InChI is InChI=1S/C14H17BrN6OS/c1-21(2)14-19-11(18-13(16)20-14)7-23-8-12(22)17-10-5-3-9(15)4-6-10/h3-6H,7-8H2,1-2H3,(H,17,22)(H2,16,18,19,20). The van der Waals surface area contributed by atoms with Gasteiger partial charge in [-0.2, -0.15) is 15.0 Å². The molecule has 0 saturated carbocycles. The Morgan fingerprint density at radius 3 is 2.61 bits per heavy atom. The first-order valence-electron chi connectivity index (χ1n) is 6.75. The minimum Gasteiger partial charge on any atom is -0.368 e. The highest BCUT2D eigenvalue weighted by Gasteiger charge is 2.08. The number of nitrogens with zero attached hydrogens (tertiary/aromatic N) is 4. The second-order valence-corrected chi connectivity index (χ2v) is 6.75. The van der Waals surface area contributed by atoms with Gasteiger partial charge in [0.05, 0.1) is 11.5 Å². The molecule has 0 saturated heterocycles. The lowest BCUT2D eigenvalue weighted by atomic mass is 10.3. The number of carbonyl (C=O) groups excluding carboxylic acids is 1. The molecule has 9 heteroatoms. The fraction of sp³-hybridized carbons (Fsp3) is 0.286. The molecule has 1 amide bonds. The zero-order valence-corrected chi connectivity index (χ0v) is 15.2. The smallest absolute Gasteiger partial charge is 0.234 e. The van der Waals surface area contributed by atoms with E-state index in [-0.39, 0.29) is 11.9 Å². The van der Waals surface area contributed by atoms with E-state index in [9.17, 15) is 4.79 Å². The van der Waals surface area contributed by atoms with Crippen LogP contribution in [-0.4, -0.2) is 40.7 Å². The van der Waals surface area contributed by atoms with Crippen molar-refractivity contribution in [3.8, 4) is 0 Å². The topological polar surface area (TPSA) is 97.0 Å². The molecule has 0 bridgehead atoms. The van der Waals surface area contributed by atoms with Gasteiger partial charge in [0.15, 0.2) is 0 Å². The number of hydrogen-bond acceptors (Lipinski definition) is 7. The van der Waals surface area contributed by atoms with E-state index in [0.717, 1.165) is 10.2 Å². The third kappa shape index (κ3) is 5.68. The summed E-state index contributed by atoms with van der Waals surface area (Å²) < 4.78 is 0.967. The number of benzene rings is 1. The van der Waals surface area contributed by atoms with Crippen molar-refractivity contribution in [2.45, 2.75) is 5.75 Å². The number of nitrogens with two attached hydrogens (primary N) is 1. The summed E-state index contributed by atoms with van der Waals surface area (Å²) in [5, 5.41) is 2.83. The molecule has 3 N–H and O–H groups in total. The van der Waals surface area contributed by atoms with Crippen molar-refractivity contribution in [3.05, 3.63) is 34.6 Å². The number of anilines is 3. The van der Waals surface area contributed by atoms with E-state index in [2.05, 4.69) is 36.2 Å². The van der Waals surface area contributed by atoms with Crippen LogP contribution in [0, 0.1) is 0 Å². The first-order chi connectivity index (χ1) is 10.9. The minimum absolute atomic E-state index is 0.0767. The van der Waals surface area contributed by atoms with Crippen molar-refractivity contribution >= 4 is 51.2 Å². The number of carbonyl (C=O) groups is 1. The van der Waals surface area contributed by atoms with Crippen LogP contribution >= 0.6 is 27.7 Å². The van der Waals surface area contributed by atoms with Crippen molar-refractivity contribution in [2.24, 2.45) is 0 Å². The van der Waals surface area contributed by atoms with Crippen LogP contribution in [0.2, 0.25) is 0 Å². The number of nitrogen functional groups attached to an aromatic ring is 1. The molecule has 0 aliphatic rings. The molecule has 1 aromatic heterocycles. The summed E-state index contributed by atoms with van der Waals surface area (Å²) in [6.45, 7) is 0. The van der Waals surface area contributed by atoms with E-state index in [1.807, 2.05) is 38.4 Å². The van der Waals surface area contributed by atoms with Crippen LogP contribution in [0.1, 0.15) is 5.82 Å². The van der Waals surface area contributed by atoms with Crippen molar-refractivity contribution in [2.75, 3.05) is 35.8 Å². The lowest BCUT2D eigenvalue weighted by Gasteiger charge is -2.11. The third-order valence-corrected chi connectivity index (χ3v) is 4.14. The maximum absolute atomic E-state index is 11.9. The van der Waals surface area contributed by atoms with E-state index >= 15 is 0 Å². The Kier molecular flexibility index (Phi) is 6.17.